The van der Waals surface area contributed by atoms with E-state index in [9.17, 15) is 4.79 Å². The Morgan fingerprint density at radius 1 is 1.50 bits per heavy atom. The van der Waals surface area contributed by atoms with Crippen LogP contribution in [-0.2, 0) is 10.5 Å². The second kappa shape index (κ2) is 5.73. The van der Waals surface area contributed by atoms with Crippen LogP contribution in [0.2, 0.25) is 0 Å². The molecule has 0 aliphatic carbocycles. The van der Waals surface area contributed by atoms with E-state index in [0.717, 1.165) is 16.3 Å². The second-order valence-corrected chi connectivity index (χ2v) is 4.67. The Morgan fingerprint density at radius 2 is 2.33 bits per heavy atom. The molecule has 0 N–H and O–H groups in total. The lowest BCUT2D eigenvalue weighted by Gasteiger charge is -1.97. The van der Waals surface area contributed by atoms with Gasteiger partial charge in [-0.15, -0.1) is 0 Å². The summed E-state index contributed by atoms with van der Waals surface area (Å²) in [6, 6.07) is 7.59. The molecule has 0 spiro atoms. The summed E-state index contributed by atoms with van der Waals surface area (Å²) in [4.78, 5) is 15.6. The van der Waals surface area contributed by atoms with Crippen molar-refractivity contribution < 1.29 is 13.9 Å². The molecule has 0 bridgehead atoms. The summed E-state index contributed by atoms with van der Waals surface area (Å²) in [7, 11) is 1.34. The second-order valence-electron chi connectivity index (χ2n) is 3.67. The third-order valence-electron chi connectivity index (χ3n) is 2.34. The van der Waals surface area contributed by atoms with Crippen molar-refractivity contribution in [2.24, 2.45) is 0 Å². The van der Waals surface area contributed by atoms with Gasteiger partial charge in [0.25, 0.3) is 0 Å². The number of hydrogen-bond donors (Lipinski definition) is 0. The molecule has 2 aromatic heterocycles. The summed E-state index contributed by atoms with van der Waals surface area (Å²) in [5.41, 5.74) is 0.790. The average Bonchev–Trinajstić information content (AvgIpc) is 2.78. The molecule has 2 aromatic rings. The maximum absolute atomic E-state index is 11.4. The van der Waals surface area contributed by atoms with Crippen LogP contribution in [0.5, 0.6) is 0 Å². The largest absolute Gasteiger partial charge is 0.463 e. The van der Waals surface area contributed by atoms with E-state index in [2.05, 4.69) is 9.72 Å². The average molecular weight is 263 g/mol. The number of aryl methyl sites for hydroxylation is 1. The quantitative estimate of drug-likeness (QED) is 0.626. The first-order chi connectivity index (χ1) is 8.70. The van der Waals surface area contributed by atoms with Crippen LogP contribution < -0.4 is 0 Å². The van der Waals surface area contributed by atoms with E-state index >= 15 is 0 Å². The van der Waals surface area contributed by atoms with E-state index < -0.39 is 5.97 Å². The van der Waals surface area contributed by atoms with Crippen LogP contribution in [0.25, 0.3) is 0 Å². The normalized spacial score (nSPS) is 10.3. The summed E-state index contributed by atoms with van der Waals surface area (Å²) in [5, 5.41) is 0.922. The van der Waals surface area contributed by atoms with Crippen LogP contribution >= 0.6 is 11.8 Å². The van der Waals surface area contributed by atoms with Crippen LogP contribution in [-0.4, -0.2) is 18.1 Å². The highest BCUT2D eigenvalue weighted by molar-refractivity contribution is 7.98. The van der Waals surface area contributed by atoms with Crippen LogP contribution in [0.3, 0.4) is 0 Å². The first kappa shape index (κ1) is 12.7. The SMILES string of the molecule is COC(=O)c1oc(CSc2ccccn2)cc1C. The summed E-state index contributed by atoms with van der Waals surface area (Å²) >= 11 is 1.56. The van der Waals surface area contributed by atoms with E-state index in [1.165, 1.54) is 7.11 Å². The van der Waals surface area contributed by atoms with Crippen LogP contribution in [0.1, 0.15) is 21.9 Å². The molecule has 4 nitrogen and oxygen atoms in total. The molecular formula is C13H13NO3S. The summed E-state index contributed by atoms with van der Waals surface area (Å²) in [6.45, 7) is 1.82. The minimum absolute atomic E-state index is 0.272. The van der Waals surface area contributed by atoms with Gasteiger partial charge < -0.3 is 9.15 Å². The van der Waals surface area contributed by atoms with Crippen molar-refractivity contribution in [1.29, 1.82) is 0 Å². The van der Waals surface area contributed by atoms with Gasteiger partial charge in [-0.3, -0.25) is 0 Å². The number of methoxy groups -OCH3 is 1. The number of pyridine rings is 1. The molecular weight excluding hydrogens is 250 g/mol. The van der Waals surface area contributed by atoms with E-state index in [0.29, 0.717) is 5.75 Å². The molecule has 0 aliphatic rings. The number of carbonyl (C=O) groups excluding carboxylic acids is 1. The molecule has 94 valence electrons. The minimum Gasteiger partial charge on any atom is -0.463 e. The van der Waals surface area contributed by atoms with Crippen molar-refractivity contribution >= 4 is 17.7 Å². The van der Waals surface area contributed by atoms with E-state index in [1.807, 2.05) is 31.2 Å². The monoisotopic (exact) mass is 263 g/mol. The Kier molecular flexibility index (Phi) is 4.04. The van der Waals surface area contributed by atoms with Crippen molar-refractivity contribution in [3.05, 3.63) is 47.5 Å². The van der Waals surface area contributed by atoms with Crippen molar-refractivity contribution in [3.8, 4) is 0 Å². The van der Waals surface area contributed by atoms with E-state index in [1.54, 1.807) is 18.0 Å². The van der Waals surface area contributed by atoms with Gasteiger partial charge in [0, 0.05) is 11.8 Å². The Balaban J connectivity index is 2.05. The highest BCUT2D eigenvalue weighted by Gasteiger charge is 2.16. The first-order valence-electron chi connectivity index (χ1n) is 5.42. The number of furan rings is 1. The number of carbonyl (C=O) groups is 1. The highest BCUT2D eigenvalue weighted by Crippen LogP contribution is 2.24. The standard InChI is InChI=1S/C13H13NO3S/c1-9-7-10(17-12(9)13(15)16-2)8-18-11-5-3-4-6-14-11/h3-7H,8H2,1-2H3. The smallest absolute Gasteiger partial charge is 0.374 e. The first-order valence-corrected chi connectivity index (χ1v) is 6.40. The molecule has 2 rings (SSSR count). The van der Waals surface area contributed by atoms with Crippen molar-refractivity contribution in [2.45, 2.75) is 17.7 Å². The van der Waals surface area contributed by atoms with Gasteiger partial charge in [-0.25, -0.2) is 9.78 Å². The molecule has 18 heavy (non-hydrogen) atoms. The molecule has 0 aliphatic heterocycles. The molecule has 5 heteroatoms. The third-order valence-corrected chi connectivity index (χ3v) is 3.31. The lowest BCUT2D eigenvalue weighted by atomic mass is 10.3. The summed E-state index contributed by atoms with van der Waals surface area (Å²) in [6.07, 6.45) is 1.75. The van der Waals surface area contributed by atoms with Crippen LogP contribution in [0.4, 0.5) is 0 Å². The lowest BCUT2D eigenvalue weighted by Crippen LogP contribution is -2.00. The van der Waals surface area contributed by atoms with Gasteiger partial charge in [-0.1, -0.05) is 17.8 Å². The topological polar surface area (TPSA) is 52.3 Å². The van der Waals surface area contributed by atoms with E-state index in [-0.39, 0.29) is 5.76 Å². The zero-order valence-corrected chi connectivity index (χ0v) is 11.0. The number of aromatic nitrogens is 1. The number of rotatable bonds is 4. The Hall–Kier alpha value is -1.75. The van der Waals surface area contributed by atoms with Gasteiger partial charge >= 0.3 is 5.97 Å². The number of hydrogen-bond acceptors (Lipinski definition) is 5. The molecule has 0 saturated heterocycles. The highest BCUT2D eigenvalue weighted by atomic mass is 32.2. The fourth-order valence-electron chi connectivity index (χ4n) is 1.49. The number of ether oxygens (including phenoxy) is 1. The van der Waals surface area contributed by atoms with Gasteiger partial charge in [0.05, 0.1) is 17.9 Å². The molecule has 0 atom stereocenters. The minimum atomic E-state index is -0.443. The van der Waals surface area contributed by atoms with E-state index in [4.69, 9.17) is 4.42 Å². The predicted octanol–water partition coefficient (Wildman–Crippen LogP) is 3.06. The zero-order valence-electron chi connectivity index (χ0n) is 10.2. The van der Waals surface area contributed by atoms with Crippen LogP contribution in [0.15, 0.2) is 39.9 Å². The molecule has 0 aromatic carbocycles. The predicted molar refractivity (Wildman–Crippen MR) is 68.6 cm³/mol. The number of esters is 1. The molecule has 0 saturated carbocycles. The number of thioether (sulfide) groups is 1. The Labute approximate surface area is 109 Å². The Bertz CT molecular complexity index is 536. The molecule has 0 unspecified atom stereocenters. The molecule has 0 amide bonds. The van der Waals surface area contributed by atoms with Gasteiger partial charge in [-0.05, 0) is 25.1 Å². The molecule has 2 heterocycles. The van der Waals surface area contributed by atoms with Crippen molar-refractivity contribution in [1.82, 2.24) is 4.98 Å². The maximum Gasteiger partial charge on any atom is 0.374 e. The molecule has 0 fully saturated rings. The van der Waals surface area contributed by atoms with Crippen molar-refractivity contribution in [3.63, 3.8) is 0 Å². The third kappa shape index (κ3) is 2.92. The zero-order chi connectivity index (χ0) is 13.0. The summed E-state index contributed by atoms with van der Waals surface area (Å²) in [5.74, 6) is 1.20. The van der Waals surface area contributed by atoms with Gasteiger partial charge in [0.15, 0.2) is 0 Å². The van der Waals surface area contributed by atoms with Crippen molar-refractivity contribution in [2.75, 3.05) is 7.11 Å². The number of nitrogens with zero attached hydrogens (tertiary/aromatic N) is 1. The fourth-order valence-corrected chi connectivity index (χ4v) is 2.23. The van der Waals surface area contributed by atoms with Gasteiger partial charge in [-0.2, -0.15) is 0 Å². The Morgan fingerprint density at radius 3 is 3.00 bits per heavy atom. The molecule has 0 radical (unpaired) electrons. The van der Waals surface area contributed by atoms with Gasteiger partial charge in [0.2, 0.25) is 5.76 Å². The fraction of sp³-hybridized carbons (Fsp3) is 0.231. The van der Waals surface area contributed by atoms with Gasteiger partial charge in [0.1, 0.15) is 5.76 Å². The van der Waals surface area contributed by atoms with Crippen LogP contribution in [0, 0.1) is 6.92 Å². The lowest BCUT2D eigenvalue weighted by molar-refractivity contribution is 0.0562. The summed E-state index contributed by atoms with van der Waals surface area (Å²) < 4.78 is 10.1. The maximum atomic E-state index is 11.4.